The molecule has 1 aliphatic rings. The Morgan fingerprint density at radius 2 is 0.913 bits per heavy atom. The zero-order chi connectivity index (χ0) is 71.4. The topological polar surface area (TPSA) is 376 Å². The van der Waals surface area contributed by atoms with Gasteiger partial charge in [-0.1, -0.05) is 36.4 Å². The third-order valence-corrected chi connectivity index (χ3v) is 18.5. The van der Waals surface area contributed by atoms with Crippen LogP contribution in [0.4, 0.5) is 23.3 Å². The van der Waals surface area contributed by atoms with Crippen LogP contribution in [0.15, 0.2) is 220 Å². The number of nitrogens with one attached hydrogen (secondary N) is 4. The molecule has 4 N–H and O–H groups in total. The summed E-state index contributed by atoms with van der Waals surface area (Å²) in [4.78, 5) is 122. The van der Waals surface area contributed by atoms with Crippen LogP contribution in [0, 0.1) is 11.3 Å². The number of amides is 4. The molecule has 0 bridgehead atoms. The molecular formula is C72H56N24O4S4. The lowest BCUT2D eigenvalue weighted by atomic mass is 9.99. The van der Waals surface area contributed by atoms with Gasteiger partial charge in [0.1, 0.15) is 77.5 Å². The normalized spacial score (nSPS) is 11.6. The van der Waals surface area contributed by atoms with Crippen molar-refractivity contribution in [1.82, 2.24) is 79.3 Å². The highest BCUT2D eigenvalue weighted by Crippen LogP contribution is 2.33. The molecule has 32 heteroatoms. The van der Waals surface area contributed by atoms with Crippen LogP contribution in [0.3, 0.4) is 0 Å². The number of nitriles is 1. The van der Waals surface area contributed by atoms with E-state index in [4.69, 9.17) is 5.26 Å². The summed E-state index contributed by atoms with van der Waals surface area (Å²) in [6, 6.07) is 38.9. The first-order chi connectivity index (χ1) is 51.0. The van der Waals surface area contributed by atoms with Crippen LogP contribution in [0.2, 0.25) is 0 Å². The van der Waals surface area contributed by atoms with Gasteiger partial charge in [0.25, 0.3) is 0 Å². The zero-order valence-corrected chi connectivity index (χ0v) is 58.1. The van der Waals surface area contributed by atoms with E-state index in [1.807, 2.05) is 136 Å². The molecule has 16 rings (SSSR count). The van der Waals surface area contributed by atoms with Gasteiger partial charge in [-0.2, -0.15) is 10.4 Å². The van der Waals surface area contributed by atoms with Gasteiger partial charge in [0, 0.05) is 81.8 Å². The van der Waals surface area contributed by atoms with Gasteiger partial charge in [-0.25, -0.2) is 59.8 Å². The maximum absolute atomic E-state index is 12.8. The Morgan fingerprint density at radius 1 is 0.490 bits per heavy atom. The fraction of sp³-hybridized carbons (Fsp3) is 0.125. The minimum absolute atomic E-state index is 0.105. The van der Waals surface area contributed by atoms with Gasteiger partial charge in [-0.3, -0.25) is 39.1 Å². The number of pyridine rings is 4. The first-order valence-electron chi connectivity index (χ1n) is 32.0. The number of thiophene rings is 4. The number of azo groups is 1. The predicted octanol–water partition coefficient (Wildman–Crippen LogP) is 13.8. The van der Waals surface area contributed by atoms with Crippen molar-refractivity contribution in [2.45, 2.75) is 51.5 Å². The summed E-state index contributed by atoms with van der Waals surface area (Å²) in [6.07, 6.45) is 18.8. The standard InChI is InChI=1S/C21H15N5OS.C18H14N6OS.C17H14N6OS.C16H13N7OS/c1-13(15-7-5-14(12-22)6-8-15)20(27)25-18-16-9-11-28-21(16)26-19(24-18)17-4-2-3-10-23-17;25-15(5-4-12-9-19-11-20-10-12)22-16-13-6-8-26-18(13)24-17(23-16)14-3-1-2-7-21-14;24-14(4-8-23-9-7-18-11-23)20-15-12-5-10-25-17(12)22-16(21-15)13-3-1-2-6-19-13;24-13(5-4-12-18-9-19-23-12)20-14-10-6-8-25-16(10)22-15(21-14)11-3-1-2-7-17-11/h2-11,13H,1H3,(H,24,25,26,27);1-3,6-11H,4-5H2,(H,22,23,24,25);1-3,5-7,9-11H,4,8H2,(H,20,21,22,24);1-3,6-8H,4-5,9H2,(H,20,21,22,24). The number of aliphatic imine (C=N–C) groups is 1. The van der Waals surface area contributed by atoms with Crippen LogP contribution in [0.25, 0.3) is 86.9 Å². The first-order valence-corrected chi connectivity index (χ1v) is 35.5. The molecule has 1 atom stereocenters. The monoisotopic (exact) mass is 1450 g/mol. The fourth-order valence-corrected chi connectivity index (χ4v) is 13.1. The van der Waals surface area contributed by atoms with E-state index < -0.39 is 5.92 Å². The van der Waals surface area contributed by atoms with E-state index in [0.717, 1.165) is 52.0 Å². The van der Waals surface area contributed by atoms with E-state index in [1.54, 1.807) is 74.0 Å². The maximum Gasteiger partial charge on any atom is 0.232 e. The van der Waals surface area contributed by atoms with E-state index in [0.29, 0.717) is 120 Å². The summed E-state index contributed by atoms with van der Waals surface area (Å²) >= 11 is 5.99. The number of nitrogens with zero attached hydrogens (tertiary/aromatic N) is 20. The van der Waals surface area contributed by atoms with E-state index >= 15 is 0 Å². The molecule has 4 amide bonds. The summed E-state index contributed by atoms with van der Waals surface area (Å²) in [5.74, 6) is 3.59. The SMILES string of the molecule is CC(C(=O)Nc1nc(-c2ccccn2)nc2sccc12)c1ccc(C#N)cc1.O=C(CCC1=NCN=N1)Nc1nc(-c2ccccn2)nc2sccc12.O=C(CCc1cncnc1)Nc1nc(-c2ccccn2)nc2sccc12.O=C(CCn1ccnc1)Nc1nc(-c2ccccn2)nc2sccc12. The number of imidazole rings is 1. The molecule has 0 saturated carbocycles. The second kappa shape index (κ2) is 33.8. The number of amidine groups is 1. The lowest BCUT2D eigenvalue weighted by Gasteiger charge is -2.13. The summed E-state index contributed by atoms with van der Waals surface area (Å²) < 4.78 is 1.86. The molecule has 0 spiro atoms. The molecule has 15 heterocycles. The van der Waals surface area contributed by atoms with Crippen LogP contribution < -0.4 is 21.3 Å². The molecule has 0 radical (unpaired) electrons. The van der Waals surface area contributed by atoms with Crippen molar-refractivity contribution in [3.05, 3.63) is 222 Å². The number of rotatable bonds is 19. The molecule has 1 unspecified atom stereocenters. The van der Waals surface area contributed by atoms with Crippen LogP contribution in [0.1, 0.15) is 55.2 Å². The second-order valence-electron chi connectivity index (χ2n) is 22.3. The average Bonchev–Trinajstić information content (AvgIpc) is 1.64. The average molecular weight is 1450 g/mol. The Morgan fingerprint density at radius 3 is 1.30 bits per heavy atom. The van der Waals surface area contributed by atoms with Crippen LogP contribution in [-0.4, -0.2) is 115 Å². The van der Waals surface area contributed by atoms with Gasteiger partial charge >= 0.3 is 0 Å². The van der Waals surface area contributed by atoms with Crippen molar-refractivity contribution in [3.8, 4) is 52.1 Å². The third kappa shape index (κ3) is 17.9. The Hall–Kier alpha value is -13.1. The number of aromatic nitrogens is 16. The minimum Gasteiger partial charge on any atom is -0.337 e. The molecule has 15 aromatic rings. The highest BCUT2D eigenvalue weighted by molar-refractivity contribution is 7.17. The Bertz CT molecular complexity index is 5570. The van der Waals surface area contributed by atoms with E-state index in [9.17, 15) is 19.2 Å². The van der Waals surface area contributed by atoms with Crippen molar-refractivity contribution in [3.63, 3.8) is 0 Å². The van der Waals surface area contributed by atoms with Gasteiger partial charge in [-0.05, 0) is 131 Å². The Balaban J connectivity index is 0.000000123. The number of hydrogen-bond acceptors (Lipinski definition) is 27. The van der Waals surface area contributed by atoms with Crippen molar-refractivity contribution < 1.29 is 19.2 Å². The quantitative estimate of drug-likeness (QED) is 0.0584. The Labute approximate surface area is 607 Å². The summed E-state index contributed by atoms with van der Waals surface area (Å²) in [7, 11) is 0. The summed E-state index contributed by atoms with van der Waals surface area (Å²) in [6.45, 7) is 2.74. The molecule has 0 fully saturated rings. The zero-order valence-electron chi connectivity index (χ0n) is 54.9. The number of fused-ring (bicyclic) bond motifs is 4. The van der Waals surface area contributed by atoms with Crippen LogP contribution in [0.5, 0.6) is 0 Å². The van der Waals surface area contributed by atoms with Gasteiger partial charge in [0.2, 0.25) is 23.6 Å². The number of carbonyl (C=O) groups is 4. The van der Waals surface area contributed by atoms with E-state index in [1.165, 1.54) is 51.7 Å². The van der Waals surface area contributed by atoms with E-state index in [2.05, 4.69) is 117 Å². The van der Waals surface area contributed by atoms with Crippen LogP contribution in [-0.2, 0) is 32.1 Å². The number of carbonyl (C=O) groups excluding carboxylic acids is 4. The second-order valence-corrected chi connectivity index (χ2v) is 25.9. The minimum atomic E-state index is -0.394. The highest BCUT2D eigenvalue weighted by Gasteiger charge is 2.21. The van der Waals surface area contributed by atoms with Gasteiger partial charge < -0.3 is 25.8 Å². The first kappa shape index (κ1) is 69.4. The lowest BCUT2D eigenvalue weighted by molar-refractivity contribution is -0.117. The molecule has 1 aliphatic heterocycles. The molecule has 512 valence electrons. The maximum atomic E-state index is 12.8. The molecule has 1 aromatic carbocycles. The summed E-state index contributed by atoms with van der Waals surface area (Å²) in [5, 5.41) is 39.1. The molecule has 104 heavy (non-hydrogen) atoms. The largest absolute Gasteiger partial charge is 0.337 e. The van der Waals surface area contributed by atoms with Crippen molar-refractivity contribution >= 4 is 139 Å². The molecule has 0 saturated heterocycles. The number of anilines is 4. The van der Waals surface area contributed by atoms with Gasteiger partial charge in [0.05, 0.1) is 45.4 Å². The highest BCUT2D eigenvalue weighted by atomic mass is 32.1. The lowest BCUT2D eigenvalue weighted by Crippen LogP contribution is -2.20. The van der Waals surface area contributed by atoms with Crippen molar-refractivity contribution in [2.24, 2.45) is 15.2 Å². The van der Waals surface area contributed by atoms with Gasteiger partial charge in [0.15, 0.2) is 30.0 Å². The van der Waals surface area contributed by atoms with Gasteiger partial charge in [-0.15, -0.1) is 50.5 Å². The molecule has 14 aromatic heterocycles. The van der Waals surface area contributed by atoms with Crippen molar-refractivity contribution in [2.75, 3.05) is 27.9 Å². The number of hydrogen-bond donors (Lipinski definition) is 4. The predicted molar refractivity (Wildman–Crippen MR) is 400 cm³/mol. The third-order valence-electron chi connectivity index (χ3n) is 15.3. The van der Waals surface area contributed by atoms with E-state index in [-0.39, 0.29) is 30.0 Å². The smallest absolute Gasteiger partial charge is 0.232 e. The summed E-state index contributed by atoms with van der Waals surface area (Å²) in [5.41, 5.74) is 4.96. The molecule has 0 aliphatic carbocycles. The molecule has 28 nitrogen and oxygen atoms in total. The molecular weight excluding hydrogens is 1390 g/mol. The number of aryl methyl sites for hydroxylation is 2. The Kier molecular flexibility index (Phi) is 22.6. The van der Waals surface area contributed by atoms with Crippen LogP contribution >= 0.6 is 45.3 Å². The number of benzene rings is 1. The van der Waals surface area contributed by atoms with Crippen molar-refractivity contribution in [1.29, 1.82) is 5.26 Å². The fourth-order valence-electron chi connectivity index (χ4n) is 10.0.